The van der Waals surface area contributed by atoms with Crippen molar-refractivity contribution in [2.24, 2.45) is 0 Å². The van der Waals surface area contributed by atoms with Gasteiger partial charge in [0.05, 0.1) is 11.1 Å². The van der Waals surface area contributed by atoms with Crippen LogP contribution in [0.3, 0.4) is 0 Å². The SMILES string of the molecule is Cc1cc(-c2nc(-c3ccc4c(c3)OCO4)no2)c2ccccc2n1. The Balaban J connectivity index is 1.62. The number of fused-ring (bicyclic) bond motifs is 2. The minimum absolute atomic E-state index is 0.235. The summed E-state index contributed by atoms with van der Waals surface area (Å²) in [6.45, 7) is 2.18. The molecule has 6 heteroatoms. The quantitative estimate of drug-likeness (QED) is 0.553. The van der Waals surface area contributed by atoms with E-state index in [-0.39, 0.29) is 6.79 Å². The van der Waals surface area contributed by atoms with Gasteiger partial charge < -0.3 is 14.0 Å². The fourth-order valence-corrected chi connectivity index (χ4v) is 2.97. The first-order valence-corrected chi connectivity index (χ1v) is 7.88. The molecule has 2 aromatic carbocycles. The number of aryl methyl sites for hydroxylation is 1. The predicted octanol–water partition coefficient (Wildman–Crippen LogP) is 3.99. The second-order valence-electron chi connectivity index (χ2n) is 5.82. The van der Waals surface area contributed by atoms with E-state index in [1.165, 1.54) is 0 Å². The van der Waals surface area contributed by atoms with E-state index < -0.39 is 0 Å². The van der Waals surface area contributed by atoms with Crippen LogP contribution in [-0.4, -0.2) is 21.9 Å². The molecule has 0 saturated carbocycles. The zero-order valence-corrected chi connectivity index (χ0v) is 13.4. The summed E-state index contributed by atoms with van der Waals surface area (Å²) in [5.41, 5.74) is 3.49. The Kier molecular flexibility index (Phi) is 2.97. The van der Waals surface area contributed by atoms with E-state index in [2.05, 4.69) is 15.1 Å². The Morgan fingerprint density at radius 2 is 1.80 bits per heavy atom. The van der Waals surface area contributed by atoms with E-state index in [1.807, 2.05) is 55.5 Å². The van der Waals surface area contributed by atoms with Crippen LogP contribution < -0.4 is 9.47 Å². The number of ether oxygens (including phenoxy) is 2. The molecule has 0 atom stereocenters. The van der Waals surface area contributed by atoms with Gasteiger partial charge in [0.1, 0.15) is 0 Å². The number of nitrogens with zero attached hydrogens (tertiary/aromatic N) is 3. The van der Waals surface area contributed by atoms with Gasteiger partial charge in [-0.05, 0) is 37.3 Å². The molecule has 0 radical (unpaired) electrons. The van der Waals surface area contributed by atoms with Crippen LogP contribution >= 0.6 is 0 Å². The zero-order valence-electron chi connectivity index (χ0n) is 13.4. The summed E-state index contributed by atoms with van der Waals surface area (Å²) in [5, 5.41) is 5.10. The Morgan fingerprint density at radius 3 is 2.76 bits per heavy atom. The largest absolute Gasteiger partial charge is 0.454 e. The van der Waals surface area contributed by atoms with Crippen LogP contribution in [0.4, 0.5) is 0 Å². The van der Waals surface area contributed by atoms with Gasteiger partial charge in [-0.25, -0.2) is 0 Å². The second-order valence-corrected chi connectivity index (χ2v) is 5.82. The van der Waals surface area contributed by atoms with Crippen molar-refractivity contribution in [1.29, 1.82) is 0 Å². The van der Waals surface area contributed by atoms with Crippen molar-refractivity contribution in [1.82, 2.24) is 15.1 Å². The highest BCUT2D eigenvalue weighted by molar-refractivity contribution is 5.92. The van der Waals surface area contributed by atoms with Crippen LogP contribution in [0.1, 0.15) is 5.69 Å². The average molecular weight is 331 g/mol. The molecule has 5 rings (SSSR count). The number of para-hydroxylation sites is 1. The summed E-state index contributed by atoms with van der Waals surface area (Å²) in [4.78, 5) is 9.11. The van der Waals surface area contributed by atoms with Gasteiger partial charge in [0.25, 0.3) is 5.89 Å². The summed E-state index contributed by atoms with van der Waals surface area (Å²) < 4.78 is 16.3. The molecular weight excluding hydrogens is 318 g/mol. The van der Waals surface area contributed by atoms with Gasteiger partial charge in [-0.2, -0.15) is 4.98 Å². The molecule has 2 aromatic heterocycles. The third-order valence-electron chi connectivity index (χ3n) is 4.13. The minimum atomic E-state index is 0.235. The highest BCUT2D eigenvalue weighted by Gasteiger charge is 2.18. The van der Waals surface area contributed by atoms with Gasteiger partial charge in [-0.1, -0.05) is 23.4 Å². The van der Waals surface area contributed by atoms with E-state index >= 15 is 0 Å². The number of rotatable bonds is 2. The Bertz CT molecular complexity index is 1100. The van der Waals surface area contributed by atoms with Crippen molar-refractivity contribution >= 4 is 10.9 Å². The lowest BCUT2D eigenvalue weighted by molar-refractivity contribution is 0.174. The number of benzene rings is 2. The molecule has 0 spiro atoms. The fourth-order valence-electron chi connectivity index (χ4n) is 2.97. The monoisotopic (exact) mass is 331 g/mol. The van der Waals surface area contributed by atoms with Crippen LogP contribution in [0.25, 0.3) is 33.7 Å². The lowest BCUT2D eigenvalue weighted by atomic mass is 10.1. The molecule has 1 aliphatic rings. The van der Waals surface area contributed by atoms with E-state index in [0.29, 0.717) is 17.5 Å². The maximum atomic E-state index is 5.53. The molecule has 4 aromatic rings. The summed E-state index contributed by atoms with van der Waals surface area (Å²) in [6.07, 6.45) is 0. The van der Waals surface area contributed by atoms with E-state index in [4.69, 9.17) is 14.0 Å². The molecule has 0 bridgehead atoms. The van der Waals surface area contributed by atoms with Gasteiger partial charge in [0.2, 0.25) is 12.6 Å². The molecule has 0 N–H and O–H groups in total. The highest BCUT2D eigenvalue weighted by atomic mass is 16.7. The molecule has 0 unspecified atom stereocenters. The summed E-state index contributed by atoms with van der Waals surface area (Å²) >= 11 is 0. The van der Waals surface area contributed by atoms with Gasteiger partial charge in [-0.3, -0.25) is 4.98 Å². The van der Waals surface area contributed by atoms with Crippen LogP contribution in [0.15, 0.2) is 53.1 Å². The average Bonchev–Trinajstić information content (AvgIpc) is 3.29. The number of pyridine rings is 1. The molecule has 6 nitrogen and oxygen atoms in total. The standard InChI is InChI=1S/C19H13N3O3/c1-11-8-14(13-4-2-3-5-15(13)20-11)19-21-18(22-25-19)12-6-7-16-17(9-12)24-10-23-16/h2-9H,10H2,1H3. The molecule has 3 heterocycles. The van der Waals surface area contributed by atoms with Crippen molar-refractivity contribution in [3.8, 4) is 34.3 Å². The molecule has 0 saturated heterocycles. The first-order valence-electron chi connectivity index (χ1n) is 7.88. The van der Waals surface area contributed by atoms with Crippen molar-refractivity contribution in [2.45, 2.75) is 6.92 Å². The zero-order chi connectivity index (χ0) is 16.8. The van der Waals surface area contributed by atoms with Crippen molar-refractivity contribution < 1.29 is 14.0 Å². The van der Waals surface area contributed by atoms with Crippen molar-refractivity contribution in [3.63, 3.8) is 0 Å². The van der Waals surface area contributed by atoms with Gasteiger partial charge in [0, 0.05) is 16.6 Å². The van der Waals surface area contributed by atoms with Gasteiger partial charge >= 0.3 is 0 Å². The smallest absolute Gasteiger partial charge is 0.258 e. The Morgan fingerprint density at radius 1 is 0.920 bits per heavy atom. The molecule has 25 heavy (non-hydrogen) atoms. The lowest BCUT2D eigenvalue weighted by Gasteiger charge is -2.03. The third-order valence-corrected chi connectivity index (χ3v) is 4.13. The second kappa shape index (κ2) is 5.31. The molecule has 0 amide bonds. The lowest BCUT2D eigenvalue weighted by Crippen LogP contribution is -1.92. The minimum Gasteiger partial charge on any atom is -0.454 e. The molecule has 122 valence electrons. The van der Waals surface area contributed by atoms with Crippen LogP contribution in [0.5, 0.6) is 11.5 Å². The van der Waals surface area contributed by atoms with Crippen molar-refractivity contribution in [3.05, 3.63) is 54.2 Å². The highest BCUT2D eigenvalue weighted by Crippen LogP contribution is 2.36. The topological polar surface area (TPSA) is 70.3 Å². The van der Waals surface area contributed by atoms with Crippen LogP contribution in [0, 0.1) is 6.92 Å². The molecular formula is C19H13N3O3. The predicted molar refractivity (Wildman–Crippen MR) is 91.3 cm³/mol. The summed E-state index contributed by atoms with van der Waals surface area (Å²) in [5.74, 6) is 2.39. The van der Waals surface area contributed by atoms with Crippen LogP contribution in [-0.2, 0) is 0 Å². The third kappa shape index (κ3) is 2.30. The summed E-state index contributed by atoms with van der Waals surface area (Å²) in [6, 6.07) is 15.5. The number of aromatic nitrogens is 3. The fraction of sp³-hybridized carbons (Fsp3) is 0.105. The Labute approximate surface area is 143 Å². The van der Waals surface area contributed by atoms with E-state index in [1.54, 1.807) is 0 Å². The van der Waals surface area contributed by atoms with Gasteiger partial charge in [-0.15, -0.1) is 0 Å². The van der Waals surface area contributed by atoms with Crippen LogP contribution in [0.2, 0.25) is 0 Å². The number of hydrogen-bond acceptors (Lipinski definition) is 6. The first kappa shape index (κ1) is 14.0. The molecule has 0 fully saturated rings. The number of hydrogen-bond donors (Lipinski definition) is 0. The maximum Gasteiger partial charge on any atom is 0.258 e. The normalized spacial score (nSPS) is 12.7. The Hall–Kier alpha value is -3.41. The van der Waals surface area contributed by atoms with E-state index in [9.17, 15) is 0 Å². The van der Waals surface area contributed by atoms with E-state index in [0.717, 1.165) is 33.5 Å². The molecule has 0 aliphatic carbocycles. The van der Waals surface area contributed by atoms with Gasteiger partial charge in [0.15, 0.2) is 11.5 Å². The summed E-state index contributed by atoms with van der Waals surface area (Å²) in [7, 11) is 0. The molecule has 1 aliphatic heterocycles. The maximum absolute atomic E-state index is 5.53. The van der Waals surface area contributed by atoms with Crippen molar-refractivity contribution in [2.75, 3.05) is 6.79 Å². The first-order chi connectivity index (χ1) is 12.3.